The summed E-state index contributed by atoms with van der Waals surface area (Å²) < 4.78 is 10.5. The maximum Gasteiger partial charge on any atom is 0.222 e. The Hall–Kier alpha value is -0.650. The average Bonchev–Trinajstić information content (AvgIpc) is 2.26. The lowest BCUT2D eigenvalue weighted by Crippen LogP contribution is -2.31. The molecule has 0 saturated carbocycles. The Bertz CT molecular complexity index is 184. The van der Waals surface area contributed by atoms with Gasteiger partial charge in [-0.05, 0) is 7.05 Å². The lowest BCUT2D eigenvalue weighted by molar-refractivity contribution is -0.124. The highest BCUT2D eigenvalue weighted by Crippen LogP contribution is 1.89. The van der Waals surface area contributed by atoms with Crippen LogP contribution >= 0.6 is 0 Å². The molecule has 5 heteroatoms. The zero-order chi connectivity index (χ0) is 12.2. The molecule has 5 nitrogen and oxygen atoms in total. The fourth-order valence-electron chi connectivity index (χ4n) is 0.947. The van der Waals surface area contributed by atoms with Crippen LogP contribution in [0.25, 0.3) is 0 Å². The normalized spacial score (nSPS) is 10.8. The molecule has 0 unspecified atom stereocenters. The van der Waals surface area contributed by atoms with Crippen molar-refractivity contribution >= 4 is 5.91 Å². The number of hydrogen-bond donors (Lipinski definition) is 2. The van der Waals surface area contributed by atoms with Crippen molar-refractivity contribution in [3.63, 3.8) is 0 Å². The lowest BCUT2D eigenvalue weighted by atomic mass is 10.2. The highest BCUT2D eigenvalue weighted by Gasteiger charge is 2.04. The van der Waals surface area contributed by atoms with Gasteiger partial charge in [-0.15, -0.1) is 0 Å². The third kappa shape index (κ3) is 9.89. The van der Waals surface area contributed by atoms with Gasteiger partial charge in [-0.3, -0.25) is 4.79 Å². The van der Waals surface area contributed by atoms with Crippen molar-refractivity contribution in [1.29, 1.82) is 0 Å². The van der Waals surface area contributed by atoms with Crippen molar-refractivity contribution in [3.05, 3.63) is 0 Å². The monoisotopic (exact) mass is 236 g/mol. The van der Waals surface area contributed by atoms with Gasteiger partial charge in [-0.1, -0.05) is 13.8 Å². The number of likely N-dealkylation sites (N-methyl/N-ethyl adjacent to an activating group) is 1. The molecular weight excluding hydrogens is 208 g/mol. The molecule has 0 aliphatic heterocycles. The molecule has 0 aromatic heterocycles. The van der Waals surface area contributed by atoms with E-state index in [9.17, 15) is 4.79 Å². The molecule has 0 aliphatic rings. The van der Waals surface area contributed by atoms with E-state index in [2.05, 4.69) is 10.6 Å². The summed E-state index contributed by atoms with van der Waals surface area (Å²) in [7, 11) is 1.89. The fraction of sp³-hybridized carbons (Fsp3) is 0.909. The van der Waals surface area contributed by atoms with Crippen LogP contribution in [0.15, 0.2) is 0 Å². The minimum absolute atomic E-state index is 0. The second-order valence-electron chi connectivity index (χ2n) is 3.77. The van der Waals surface area contributed by atoms with Crippen LogP contribution in [0.4, 0.5) is 0 Å². The Labute approximate surface area is 101 Å². The first kappa shape index (κ1) is 15.3. The number of amides is 1. The predicted molar refractivity (Wildman–Crippen MR) is 67.6 cm³/mol. The summed E-state index contributed by atoms with van der Waals surface area (Å²) in [4.78, 5) is 11.2. The first-order valence-corrected chi connectivity index (χ1v) is 5.76. The van der Waals surface area contributed by atoms with Gasteiger partial charge in [-0.2, -0.15) is 0 Å². The van der Waals surface area contributed by atoms with E-state index in [1.165, 1.54) is 0 Å². The average molecular weight is 236 g/mol. The first-order chi connectivity index (χ1) is 7.68. The molecule has 0 radical (unpaired) electrons. The van der Waals surface area contributed by atoms with E-state index in [1.807, 2.05) is 20.9 Å². The maximum absolute atomic E-state index is 11.2. The Kier molecular flexibility index (Phi) is 10.4. The molecule has 0 rings (SSSR count). The molecule has 0 aliphatic carbocycles. The van der Waals surface area contributed by atoms with Crippen LogP contribution in [0.1, 0.15) is 16.7 Å². The molecule has 1 amide bonds. The summed E-state index contributed by atoms with van der Waals surface area (Å²) >= 11 is 0. The molecule has 0 saturated heterocycles. The zero-order valence-corrected chi connectivity index (χ0v) is 10.5. The van der Waals surface area contributed by atoms with Crippen molar-refractivity contribution in [3.8, 4) is 0 Å². The minimum atomic E-state index is 0. The number of nitrogens with one attached hydrogen (secondary N) is 2. The van der Waals surface area contributed by atoms with Crippen LogP contribution in [0, 0.1) is 5.92 Å². The van der Waals surface area contributed by atoms with Crippen molar-refractivity contribution in [2.45, 2.75) is 13.8 Å². The molecule has 0 aromatic rings. The molecule has 0 heterocycles. The Morgan fingerprint density at radius 3 is 2.19 bits per heavy atom. The van der Waals surface area contributed by atoms with Gasteiger partial charge >= 0.3 is 0 Å². The topological polar surface area (TPSA) is 59.6 Å². The smallest absolute Gasteiger partial charge is 0.222 e. The van der Waals surface area contributed by atoms with E-state index in [4.69, 9.17) is 9.47 Å². The molecule has 0 spiro atoms. The van der Waals surface area contributed by atoms with E-state index in [0.29, 0.717) is 33.0 Å². The predicted octanol–water partition coefficient (Wildman–Crippen LogP) is 0.503. The first-order valence-electron chi connectivity index (χ1n) is 5.76. The van der Waals surface area contributed by atoms with Crippen LogP contribution in [-0.4, -0.2) is 52.5 Å². The summed E-state index contributed by atoms with van der Waals surface area (Å²) in [5, 5.41) is 5.77. The molecular formula is C11H28N2O3. The minimum Gasteiger partial charge on any atom is -0.378 e. The number of ether oxygens (including phenoxy) is 2. The standard InChI is InChI=1S/C11H24N2O3.2H2/c1-10(2)11(14)13-5-7-16-9-8-15-6-4-12-3;;/h10,12H,4-9H2,1-3H3,(H,13,14);2*1H. The van der Waals surface area contributed by atoms with Crippen LogP contribution in [0.2, 0.25) is 0 Å². The van der Waals surface area contributed by atoms with Crippen LogP contribution in [0.5, 0.6) is 0 Å². The summed E-state index contributed by atoms with van der Waals surface area (Å²) in [6, 6.07) is 0. The third-order valence-corrected chi connectivity index (χ3v) is 1.94. The number of carbonyl (C=O) groups excluding carboxylic acids is 1. The Balaban J connectivity index is -0.00000112. The van der Waals surface area contributed by atoms with Crippen molar-refractivity contribution in [2.24, 2.45) is 5.92 Å². The summed E-state index contributed by atoms with van der Waals surface area (Å²) in [5.74, 6) is 0.0961. The van der Waals surface area contributed by atoms with Crippen LogP contribution in [-0.2, 0) is 14.3 Å². The van der Waals surface area contributed by atoms with Gasteiger partial charge < -0.3 is 20.1 Å². The maximum atomic E-state index is 11.2. The highest BCUT2D eigenvalue weighted by atomic mass is 16.5. The SMILES string of the molecule is CNCCOCCOCCNC(=O)C(C)C.[HH].[HH]. The van der Waals surface area contributed by atoms with Gasteiger partial charge in [0.2, 0.25) is 5.91 Å². The number of carbonyl (C=O) groups is 1. The van der Waals surface area contributed by atoms with Gasteiger partial charge in [0, 0.05) is 21.9 Å². The van der Waals surface area contributed by atoms with E-state index >= 15 is 0 Å². The van der Waals surface area contributed by atoms with E-state index < -0.39 is 0 Å². The molecule has 0 atom stereocenters. The molecule has 2 N–H and O–H groups in total. The molecule has 16 heavy (non-hydrogen) atoms. The second kappa shape index (κ2) is 10.9. The summed E-state index contributed by atoms with van der Waals surface area (Å²) in [6.07, 6.45) is 0. The summed E-state index contributed by atoms with van der Waals surface area (Å²) in [5.41, 5.74) is 0. The van der Waals surface area contributed by atoms with Crippen molar-refractivity contribution in [1.82, 2.24) is 10.6 Å². The van der Waals surface area contributed by atoms with Crippen molar-refractivity contribution in [2.75, 3.05) is 46.6 Å². The highest BCUT2D eigenvalue weighted by molar-refractivity contribution is 5.77. The van der Waals surface area contributed by atoms with E-state index in [1.54, 1.807) is 0 Å². The second-order valence-corrected chi connectivity index (χ2v) is 3.77. The largest absolute Gasteiger partial charge is 0.378 e. The Morgan fingerprint density at radius 2 is 1.69 bits per heavy atom. The van der Waals surface area contributed by atoms with Gasteiger partial charge in [0.05, 0.1) is 26.4 Å². The van der Waals surface area contributed by atoms with E-state index in [0.717, 1.165) is 6.54 Å². The summed E-state index contributed by atoms with van der Waals surface area (Å²) in [6.45, 7) is 7.55. The third-order valence-electron chi connectivity index (χ3n) is 1.94. The van der Waals surface area contributed by atoms with E-state index in [-0.39, 0.29) is 14.7 Å². The molecule has 100 valence electrons. The number of hydrogen-bond acceptors (Lipinski definition) is 4. The molecule has 0 fully saturated rings. The van der Waals surface area contributed by atoms with Crippen molar-refractivity contribution < 1.29 is 17.1 Å². The lowest BCUT2D eigenvalue weighted by Gasteiger charge is -2.08. The molecule has 0 aromatic carbocycles. The van der Waals surface area contributed by atoms with Crippen LogP contribution < -0.4 is 10.6 Å². The Morgan fingerprint density at radius 1 is 1.12 bits per heavy atom. The fourth-order valence-corrected chi connectivity index (χ4v) is 0.947. The quantitative estimate of drug-likeness (QED) is 0.542. The molecule has 0 bridgehead atoms. The zero-order valence-electron chi connectivity index (χ0n) is 10.5. The van der Waals surface area contributed by atoms with Gasteiger partial charge in [-0.25, -0.2) is 0 Å². The van der Waals surface area contributed by atoms with Gasteiger partial charge in [0.25, 0.3) is 0 Å². The van der Waals surface area contributed by atoms with Gasteiger partial charge in [0.1, 0.15) is 0 Å². The van der Waals surface area contributed by atoms with Gasteiger partial charge in [0.15, 0.2) is 0 Å². The number of rotatable bonds is 10. The van der Waals surface area contributed by atoms with Crippen LogP contribution in [0.3, 0.4) is 0 Å².